The largest absolute Gasteiger partial charge is 0.327 e. The molecule has 0 saturated carbocycles. The fraction of sp³-hybridized carbons (Fsp3) is 1.00. The summed E-state index contributed by atoms with van der Waals surface area (Å²) in [6, 6.07) is 0. The summed E-state index contributed by atoms with van der Waals surface area (Å²) >= 11 is 0. The molecular weight excluding hydrogens is 167 g/mol. The first kappa shape index (κ1) is 9.32. The van der Waals surface area contributed by atoms with Crippen LogP contribution in [-0.2, 0) is 25.6 Å². The van der Waals surface area contributed by atoms with Gasteiger partial charge < -0.3 is 4.57 Å². The first-order valence-corrected chi connectivity index (χ1v) is 3.61. The molecule has 0 rings (SSSR count). The Kier molecular flexibility index (Phi) is 9.17. The molecular formula is C2H7MoOP. The Morgan fingerprint density at radius 1 is 1.40 bits per heavy atom. The van der Waals surface area contributed by atoms with E-state index in [1.165, 1.54) is 0 Å². The Morgan fingerprint density at radius 2 is 1.40 bits per heavy atom. The minimum atomic E-state index is -1.13. The standard InChI is InChI=1S/C2H7OP.Mo/c1-4(2)3;/h4H,1-2H3;. The van der Waals surface area contributed by atoms with E-state index in [2.05, 4.69) is 0 Å². The normalized spacial score (nSPS) is 7.00. The van der Waals surface area contributed by atoms with E-state index < -0.39 is 7.80 Å². The fourth-order valence-corrected chi connectivity index (χ4v) is 0. The maximum atomic E-state index is 9.63. The summed E-state index contributed by atoms with van der Waals surface area (Å²) in [6.45, 7) is 3.43. The topological polar surface area (TPSA) is 17.1 Å². The van der Waals surface area contributed by atoms with Crippen molar-refractivity contribution in [2.45, 2.75) is 0 Å². The van der Waals surface area contributed by atoms with E-state index in [1.54, 1.807) is 13.3 Å². The van der Waals surface area contributed by atoms with Crippen LogP contribution in [0, 0.1) is 0 Å². The molecule has 0 spiro atoms. The zero-order chi connectivity index (χ0) is 3.58. The van der Waals surface area contributed by atoms with E-state index in [-0.39, 0.29) is 21.1 Å². The monoisotopic (exact) mass is 176 g/mol. The van der Waals surface area contributed by atoms with Gasteiger partial charge in [0, 0.05) is 21.1 Å². The molecule has 0 aliphatic heterocycles. The molecule has 0 aliphatic carbocycles. The van der Waals surface area contributed by atoms with Gasteiger partial charge >= 0.3 is 0 Å². The van der Waals surface area contributed by atoms with Gasteiger partial charge in [-0.1, -0.05) is 0 Å². The maximum absolute atomic E-state index is 9.63. The van der Waals surface area contributed by atoms with Crippen molar-refractivity contribution in [1.82, 2.24) is 0 Å². The molecule has 0 unspecified atom stereocenters. The smallest absolute Gasteiger partial charge is 0.0703 e. The molecule has 0 bridgehead atoms. The Morgan fingerprint density at radius 3 is 1.40 bits per heavy atom. The van der Waals surface area contributed by atoms with Gasteiger partial charge in [-0.2, -0.15) is 0 Å². The number of hydrogen-bond donors (Lipinski definition) is 0. The summed E-state index contributed by atoms with van der Waals surface area (Å²) in [4.78, 5) is 0. The van der Waals surface area contributed by atoms with Crippen molar-refractivity contribution in [3.63, 3.8) is 0 Å². The summed E-state index contributed by atoms with van der Waals surface area (Å²) in [6.07, 6.45) is 0. The minimum absolute atomic E-state index is 0. The van der Waals surface area contributed by atoms with Crippen LogP contribution >= 0.6 is 7.80 Å². The van der Waals surface area contributed by atoms with Crippen molar-refractivity contribution >= 4 is 7.80 Å². The summed E-state index contributed by atoms with van der Waals surface area (Å²) in [5, 5.41) is 0. The van der Waals surface area contributed by atoms with Gasteiger partial charge in [0.1, 0.15) is 0 Å². The second-order valence-electron chi connectivity index (χ2n) is 0.908. The Bertz CT molecular complexity index is 32.6. The summed E-state index contributed by atoms with van der Waals surface area (Å²) < 4.78 is 9.63. The molecule has 0 amide bonds. The van der Waals surface area contributed by atoms with E-state index in [0.29, 0.717) is 0 Å². The Labute approximate surface area is 47.2 Å². The molecule has 3 heteroatoms. The Hall–Kier alpha value is 0.918. The molecule has 0 aromatic heterocycles. The van der Waals surface area contributed by atoms with Crippen LogP contribution in [0.5, 0.6) is 0 Å². The molecule has 0 aromatic carbocycles. The van der Waals surface area contributed by atoms with Crippen LogP contribution in [0.2, 0.25) is 0 Å². The second-order valence-corrected chi connectivity index (χ2v) is 2.72. The van der Waals surface area contributed by atoms with Gasteiger partial charge in [-0.15, -0.1) is 0 Å². The quantitative estimate of drug-likeness (QED) is 0.392. The van der Waals surface area contributed by atoms with Crippen LogP contribution in [0.15, 0.2) is 0 Å². The third kappa shape index (κ3) is 49.7. The summed E-state index contributed by atoms with van der Waals surface area (Å²) in [5.41, 5.74) is 0. The fourth-order valence-electron chi connectivity index (χ4n) is 0. The van der Waals surface area contributed by atoms with Gasteiger partial charge in [-0.3, -0.25) is 0 Å². The molecule has 0 saturated heterocycles. The SMILES string of the molecule is C[PH](C)=O.[Mo]. The number of hydrogen-bond acceptors (Lipinski definition) is 1. The van der Waals surface area contributed by atoms with Crippen molar-refractivity contribution in [1.29, 1.82) is 0 Å². The third-order valence-electron chi connectivity index (χ3n) is 0. The van der Waals surface area contributed by atoms with E-state index in [4.69, 9.17) is 0 Å². The van der Waals surface area contributed by atoms with E-state index in [0.717, 1.165) is 0 Å². The average molecular weight is 174 g/mol. The van der Waals surface area contributed by atoms with Gasteiger partial charge in [0.25, 0.3) is 0 Å². The molecule has 0 atom stereocenters. The molecule has 0 heterocycles. The Balaban J connectivity index is 0. The van der Waals surface area contributed by atoms with Crippen LogP contribution in [0.1, 0.15) is 0 Å². The first-order chi connectivity index (χ1) is 1.73. The number of rotatable bonds is 0. The van der Waals surface area contributed by atoms with E-state index in [9.17, 15) is 4.57 Å². The van der Waals surface area contributed by atoms with E-state index >= 15 is 0 Å². The maximum Gasteiger partial charge on any atom is 0.0703 e. The van der Waals surface area contributed by atoms with Gasteiger partial charge in [0.05, 0.1) is 7.80 Å². The van der Waals surface area contributed by atoms with Crippen molar-refractivity contribution in [3.05, 3.63) is 0 Å². The zero-order valence-electron chi connectivity index (χ0n) is 3.32. The van der Waals surface area contributed by atoms with E-state index in [1.807, 2.05) is 0 Å². The zero-order valence-corrected chi connectivity index (χ0v) is 6.32. The van der Waals surface area contributed by atoms with Crippen molar-refractivity contribution in [2.24, 2.45) is 0 Å². The molecule has 1 nitrogen and oxygen atoms in total. The van der Waals surface area contributed by atoms with Crippen molar-refractivity contribution in [3.8, 4) is 0 Å². The summed E-state index contributed by atoms with van der Waals surface area (Å²) in [7, 11) is -1.13. The predicted molar refractivity (Wildman–Crippen MR) is 20.8 cm³/mol. The van der Waals surface area contributed by atoms with Crippen LogP contribution in [0.25, 0.3) is 0 Å². The molecule has 0 radical (unpaired) electrons. The van der Waals surface area contributed by atoms with Gasteiger partial charge in [0.15, 0.2) is 0 Å². The second kappa shape index (κ2) is 4.92. The van der Waals surface area contributed by atoms with Gasteiger partial charge in [-0.25, -0.2) is 0 Å². The summed E-state index contributed by atoms with van der Waals surface area (Å²) in [5.74, 6) is 0. The predicted octanol–water partition coefficient (Wildman–Crippen LogP) is 0.803. The molecule has 0 N–H and O–H groups in total. The van der Waals surface area contributed by atoms with Crippen molar-refractivity contribution in [2.75, 3.05) is 13.3 Å². The molecule has 32 valence electrons. The van der Waals surface area contributed by atoms with Gasteiger partial charge in [-0.05, 0) is 13.3 Å². The first-order valence-electron chi connectivity index (χ1n) is 1.20. The van der Waals surface area contributed by atoms with Crippen molar-refractivity contribution < 1.29 is 25.6 Å². The van der Waals surface area contributed by atoms with Crippen LogP contribution in [-0.4, -0.2) is 13.3 Å². The van der Waals surface area contributed by atoms with Crippen LogP contribution < -0.4 is 0 Å². The molecule has 5 heavy (non-hydrogen) atoms. The molecule has 0 aliphatic rings. The van der Waals surface area contributed by atoms with Gasteiger partial charge in [0.2, 0.25) is 0 Å². The van der Waals surface area contributed by atoms with Crippen LogP contribution in [0.4, 0.5) is 0 Å². The molecule has 0 aromatic rings. The van der Waals surface area contributed by atoms with Crippen LogP contribution in [0.3, 0.4) is 0 Å². The average Bonchev–Trinajstić information content (AvgIpc) is 0.811. The minimum Gasteiger partial charge on any atom is -0.327 e. The molecule has 0 fully saturated rings. The third-order valence-corrected chi connectivity index (χ3v) is 0.